The Bertz CT molecular complexity index is 406. The molecule has 1 heterocycles. The summed E-state index contributed by atoms with van der Waals surface area (Å²) < 4.78 is 26.9. The lowest BCUT2D eigenvalue weighted by Crippen LogP contribution is -2.15. The lowest BCUT2D eigenvalue weighted by Gasteiger charge is -2.22. The van der Waals surface area contributed by atoms with Crippen molar-refractivity contribution >= 4 is 25.1 Å². The second-order valence-corrected chi connectivity index (χ2v) is 4.87. The molecule has 0 N–H and O–H groups in total. The first-order valence-corrected chi connectivity index (χ1v) is 6.26. The summed E-state index contributed by atoms with van der Waals surface area (Å²) in [5.74, 6) is 0.436. The van der Waals surface area contributed by atoms with Crippen LogP contribution in [-0.2, 0) is 13.6 Å². The number of hydrogen-bond acceptors (Lipinski definition) is 5. The van der Waals surface area contributed by atoms with Crippen LogP contribution in [-0.4, -0.2) is 11.7 Å². The highest BCUT2D eigenvalue weighted by Crippen LogP contribution is 2.52. The van der Waals surface area contributed by atoms with Crippen LogP contribution in [0.15, 0.2) is 30.3 Å². The van der Waals surface area contributed by atoms with E-state index in [1.165, 1.54) is 0 Å². The number of para-hydroxylation sites is 1. The zero-order valence-corrected chi connectivity index (χ0v) is 9.50. The third-order valence-corrected chi connectivity index (χ3v) is 3.52. The highest BCUT2D eigenvalue weighted by molar-refractivity contribution is 7.80. The van der Waals surface area contributed by atoms with Crippen LogP contribution in [0, 0.1) is 0 Å². The first kappa shape index (κ1) is 10.6. The van der Waals surface area contributed by atoms with Crippen molar-refractivity contribution in [1.82, 2.24) is 0 Å². The molecule has 0 aromatic heterocycles. The number of phosphoric ester groups is 1. The standard InChI is InChI=1S/C9H9O4PS/c10-14(11-7-6-9(15)13-14)12-8-4-2-1-3-5-8/h1-5H,6-7H2. The predicted octanol–water partition coefficient (Wildman–Crippen LogP) is 2.94. The van der Waals surface area contributed by atoms with Gasteiger partial charge in [0.2, 0.25) is 0 Å². The second kappa shape index (κ2) is 4.31. The van der Waals surface area contributed by atoms with E-state index in [0.29, 0.717) is 12.2 Å². The van der Waals surface area contributed by atoms with Crippen LogP contribution >= 0.6 is 20.0 Å². The molecular weight excluding hydrogens is 235 g/mol. The maximum atomic E-state index is 11.9. The van der Waals surface area contributed by atoms with Crippen LogP contribution in [0.5, 0.6) is 5.75 Å². The van der Waals surface area contributed by atoms with Gasteiger partial charge in [-0.15, -0.1) is 0 Å². The summed E-state index contributed by atoms with van der Waals surface area (Å²) in [6.07, 6.45) is 0.470. The van der Waals surface area contributed by atoms with Crippen LogP contribution in [0.4, 0.5) is 0 Å². The molecule has 1 aliphatic heterocycles. The minimum Gasteiger partial charge on any atom is -0.395 e. The smallest absolute Gasteiger partial charge is 0.395 e. The van der Waals surface area contributed by atoms with Crippen molar-refractivity contribution < 1.29 is 18.1 Å². The molecule has 1 aromatic carbocycles. The molecule has 1 unspecified atom stereocenters. The van der Waals surface area contributed by atoms with Crippen molar-refractivity contribution in [3.05, 3.63) is 30.3 Å². The maximum Gasteiger partial charge on any atom is 0.588 e. The van der Waals surface area contributed by atoms with Crippen LogP contribution in [0.25, 0.3) is 0 Å². The molecule has 0 aliphatic carbocycles. The van der Waals surface area contributed by atoms with Gasteiger partial charge in [-0.05, 0) is 24.4 Å². The monoisotopic (exact) mass is 244 g/mol. The molecule has 15 heavy (non-hydrogen) atoms. The number of phosphoric acid groups is 1. The predicted molar refractivity (Wildman–Crippen MR) is 58.9 cm³/mol. The number of rotatable bonds is 2. The van der Waals surface area contributed by atoms with E-state index in [1.54, 1.807) is 24.3 Å². The Morgan fingerprint density at radius 2 is 2.07 bits per heavy atom. The van der Waals surface area contributed by atoms with Gasteiger partial charge >= 0.3 is 7.82 Å². The third kappa shape index (κ3) is 2.78. The van der Waals surface area contributed by atoms with Gasteiger partial charge in [0, 0.05) is 6.42 Å². The number of hydrogen-bond donors (Lipinski definition) is 0. The molecule has 0 radical (unpaired) electrons. The van der Waals surface area contributed by atoms with E-state index in [2.05, 4.69) is 0 Å². The normalized spacial score (nSPS) is 25.7. The summed E-state index contributed by atoms with van der Waals surface area (Å²) in [5.41, 5.74) is 0. The van der Waals surface area contributed by atoms with Gasteiger partial charge in [-0.3, -0.25) is 4.52 Å². The van der Waals surface area contributed by atoms with Crippen LogP contribution in [0.1, 0.15) is 6.42 Å². The molecule has 0 saturated carbocycles. The fraction of sp³-hybridized carbons (Fsp3) is 0.222. The summed E-state index contributed by atoms with van der Waals surface area (Å²) in [4.78, 5) is 0. The van der Waals surface area contributed by atoms with Gasteiger partial charge in [-0.1, -0.05) is 18.2 Å². The molecule has 2 rings (SSSR count). The van der Waals surface area contributed by atoms with E-state index in [-0.39, 0.29) is 11.7 Å². The third-order valence-electron chi connectivity index (χ3n) is 1.73. The number of thiocarbonyl (C=S) groups is 1. The van der Waals surface area contributed by atoms with Crippen molar-refractivity contribution in [1.29, 1.82) is 0 Å². The SMILES string of the molecule is O=P1(Oc2ccccc2)OCCC(=S)O1. The average Bonchev–Trinajstić information content (AvgIpc) is 2.18. The zero-order chi connectivity index (χ0) is 10.7. The molecule has 0 amide bonds. The fourth-order valence-electron chi connectivity index (χ4n) is 1.09. The Kier molecular flexibility index (Phi) is 3.05. The van der Waals surface area contributed by atoms with Gasteiger partial charge in [0.25, 0.3) is 0 Å². The molecule has 0 spiro atoms. The van der Waals surface area contributed by atoms with E-state index < -0.39 is 7.82 Å². The molecular formula is C9H9O4PS. The van der Waals surface area contributed by atoms with Crippen molar-refractivity contribution in [2.45, 2.75) is 6.42 Å². The Balaban J connectivity index is 2.11. The van der Waals surface area contributed by atoms with Crippen molar-refractivity contribution in [3.63, 3.8) is 0 Å². The summed E-state index contributed by atoms with van der Waals surface area (Å²) in [7, 11) is -3.53. The van der Waals surface area contributed by atoms with Gasteiger partial charge in [0.05, 0.1) is 6.61 Å². The first-order chi connectivity index (χ1) is 7.18. The molecule has 80 valence electrons. The van der Waals surface area contributed by atoms with Crippen LogP contribution < -0.4 is 4.52 Å². The molecule has 1 aromatic rings. The van der Waals surface area contributed by atoms with Gasteiger partial charge in [0.1, 0.15) is 5.75 Å². The van der Waals surface area contributed by atoms with Crippen LogP contribution in [0.2, 0.25) is 0 Å². The van der Waals surface area contributed by atoms with E-state index in [4.69, 9.17) is 25.8 Å². The Labute approximate surface area is 92.8 Å². The molecule has 1 saturated heterocycles. The molecule has 4 nitrogen and oxygen atoms in total. The van der Waals surface area contributed by atoms with Gasteiger partial charge in [0.15, 0.2) is 5.05 Å². The van der Waals surface area contributed by atoms with Crippen molar-refractivity contribution in [2.24, 2.45) is 0 Å². The summed E-state index contributed by atoms with van der Waals surface area (Å²) in [6.45, 7) is 0.267. The zero-order valence-electron chi connectivity index (χ0n) is 7.79. The summed E-state index contributed by atoms with van der Waals surface area (Å²) in [6, 6.07) is 8.71. The average molecular weight is 244 g/mol. The summed E-state index contributed by atoms with van der Waals surface area (Å²) in [5, 5.41) is 0.264. The largest absolute Gasteiger partial charge is 0.588 e. The topological polar surface area (TPSA) is 44.8 Å². The Hall–Kier alpha value is -0.900. The van der Waals surface area contributed by atoms with Crippen LogP contribution in [0.3, 0.4) is 0 Å². The van der Waals surface area contributed by atoms with E-state index >= 15 is 0 Å². The highest BCUT2D eigenvalue weighted by atomic mass is 32.1. The first-order valence-electron chi connectivity index (χ1n) is 4.40. The molecule has 1 aliphatic rings. The molecule has 0 bridgehead atoms. The van der Waals surface area contributed by atoms with Gasteiger partial charge in [-0.2, -0.15) is 0 Å². The molecule has 1 fully saturated rings. The summed E-state index contributed by atoms with van der Waals surface area (Å²) >= 11 is 4.82. The van der Waals surface area contributed by atoms with E-state index in [1.807, 2.05) is 6.07 Å². The molecule has 6 heteroatoms. The fourth-order valence-corrected chi connectivity index (χ4v) is 2.63. The molecule has 1 atom stereocenters. The maximum absolute atomic E-state index is 11.9. The number of benzene rings is 1. The highest BCUT2D eigenvalue weighted by Gasteiger charge is 2.35. The van der Waals surface area contributed by atoms with Gasteiger partial charge in [-0.25, -0.2) is 4.57 Å². The second-order valence-electron chi connectivity index (χ2n) is 2.90. The minimum atomic E-state index is -3.53. The van der Waals surface area contributed by atoms with E-state index in [9.17, 15) is 4.57 Å². The Morgan fingerprint density at radius 1 is 1.33 bits per heavy atom. The van der Waals surface area contributed by atoms with Crippen molar-refractivity contribution in [3.8, 4) is 5.75 Å². The minimum absolute atomic E-state index is 0.264. The van der Waals surface area contributed by atoms with Crippen molar-refractivity contribution in [2.75, 3.05) is 6.61 Å². The van der Waals surface area contributed by atoms with E-state index in [0.717, 1.165) is 0 Å². The quantitative estimate of drug-likeness (QED) is 0.591. The lowest BCUT2D eigenvalue weighted by molar-refractivity contribution is 0.189. The Morgan fingerprint density at radius 3 is 2.73 bits per heavy atom. The van der Waals surface area contributed by atoms with Gasteiger partial charge < -0.3 is 9.05 Å². The lowest BCUT2D eigenvalue weighted by atomic mass is 10.3.